The SMILES string of the molecule is CNC(=O)[C@@H]1Cc2ccccc2CN1S(=O)(=O)c1cc2c(cc1[N+](=O)[O-])OCCCO2. The van der Waals surface area contributed by atoms with Crippen LogP contribution in [0.5, 0.6) is 11.5 Å². The first-order chi connectivity index (χ1) is 14.8. The summed E-state index contributed by atoms with van der Waals surface area (Å²) >= 11 is 0. The van der Waals surface area contributed by atoms with Crippen LogP contribution in [-0.2, 0) is 27.8 Å². The van der Waals surface area contributed by atoms with Crippen LogP contribution >= 0.6 is 0 Å². The van der Waals surface area contributed by atoms with E-state index in [0.29, 0.717) is 19.6 Å². The third kappa shape index (κ3) is 3.81. The highest BCUT2D eigenvalue weighted by atomic mass is 32.2. The first-order valence-corrected chi connectivity index (χ1v) is 11.1. The summed E-state index contributed by atoms with van der Waals surface area (Å²) in [6.45, 7) is 0.516. The monoisotopic (exact) mass is 447 g/mol. The molecule has 1 atom stereocenters. The van der Waals surface area contributed by atoms with E-state index in [0.717, 1.165) is 27.6 Å². The fourth-order valence-corrected chi connectivity index (χ4v) is 5.52. The van der Waals surface area contributed by atoms with Gasteiger partial charge in [-0.05, 0) is 17.5 Å². The fourth-order valence-electron chi connectivity index (χ4n) is 3.80. The Balaban J connectivity index is 1.85. The second kappa shape index (κ2) is 8.16. The zero-order valence-electron chi connectivity index (χ0n) is 16.7. The van der Waals surface area contributed by atoms with Crippen molar-refractivity contribution in [1.82, 2.24) is 9.62 Å². The minimum atomic E-state index is -4.43. The average Bonchev–Trinajstić information content (AvgIpc) is 3.01. The van der Waals surface area contributed by atoms with Gasteiger partial charge in [0.15, 0.2) is 16.4 Å². The Morgan fingerprint density at radius 1 is 1.16 bits per heavy atom. The van der Waals surface area contributed by atoms with Crippen molar-refractivity contribution in [2.45, 2.75) is 30.3 Å². The molecule has 11 heteroatoms. The molecule has 0 unspecified atom stereocenters. The lowest BCUT2D eigenvalue weighted by atomic mass is 9.95. The van der Waals surface area contributed by atoms with Crippen LogP contribution in [0.4, 0.5) is 5.69 Å². The zero-order chi connectivity index (χ0) is 22.2. The highest BCUT2D eigenvalue weighted by molar-refractivity contribution is 7.89. The summed E-state index contributed by atoms with van der Waals surface area (Å²) in [5.41, 5.74) is 0.970. The number of likely N-dealkylation sites (N-methyl/N-ethyl adjacent to an activating group) is 1. The van der Waals surface area contributed by atoms with Crippen LogP contribution < -0.4 is 14.8 Å². The van der Waals surface area contributed by atoms with E-state index in [2.05, 4.69) is 5.32 Å². The van der Waals surface area contributed by atoms with Gasteiger partial charge in [-0.2, -0.15) is 4.31 Å². The highest BCUT2D eigenvalue weighted by Crippen LogP contribution is 2.40. The molecule has 0 aliphatic carbocycles. The largest absolute Gasteiger partial charge is 0.490 e. The lowest BCUT2D eigenvalue weighted by Gasteiger charge is -2.34. The Labute approximate surface area is 179 Å². The molecule has 4 rings (SSSR count). The Kier molecular flexibility index (Phi) is 5.54. The van der Waals surface area contributed by atoms with Crippen LogP contribution in [0.2, 0.25) is 0 Å². The summed E-state index contributed by atoms with van der Waals surface area (Å²) in [5.74, 6) is -0.249. The zero-order valence-corrected chi connectivity index (χ0v) is 17.6. The third-order valence-corrected chi connectivity index (χ3v) is 7.25. The fraction of sp³-hybridized carbons (Fsp3) is 0.350. The van der Waals surface area contributed by atoms with Gasteiger partial charge < -0.3 is 14.8 Å². The van der Waals surface area contributed by atoms with Gasteiger partial charge in [-0.3, -0.25) is 14.9 Å². The number of carbonyl (C=O) groups excluding carboxylic acids is 1. The highest BCUT2D eigenvalue weighted by Gasteiger charge is 2.42. The van der Waals surface area contributed by atoms with Crippen molar-refractivity contribution in [1.29, 1.82) is 0 Å². The molecule has 1 N–H and O–H groups in total. The van der Waals surface area contributed by atoms with E-state index < -0.39 is 37.5 Å². The average molecular weight is 447 g/mol. The number of hydrogen-bond acceptors (Lipinski definition) is 7. The predicted molar refractivity (Wildman–Crippen MR) is 109 cm³/mol. The molecule has 2 aromatic rings. The first kappa shape index (κ1) is 21.1. The van der Waals surface area contributed by atoms with Crippen molar-refractivity contribution in [3.63, 3.8) is 0 Å². The van der Waals surface area contributed by atoms with E-state index >= 15 is 0 Å². The second-order valence-electron chi connectivity index (χ2n) is 7.23. The Morgan fingerprint density at radius 3 is 2.45 bits per heavy atom. The third-order valence-electron chi connectivity index (χ3n) is 5.37. The van der Waals surface area contributed by atoms with Gasteiger partial charge in [0.2, 0.25) is 5.91 Å². The summed E-state index contributed by atoms with van der Waals surface area (Å²) in [6.07, 6.45) is 0.722. The molecule has 0 radical (unpaired) electrons. The minimum Gasteiger partial charge on any atom is -0.490 e. The van der Waals surface area contributed by atoms with E-state index in [4.69, 9.17) is 9.47 Å². The number of carbonyl (C=O) groups is 1. The molecule has 0 spiro atoms. The molecule has 0 saturated heterocycles. The molecule has 31 heavy (non-hydrogen) atoms. The maximum atomic E-state index is 13.7. The number of nitro benzene ring substituents is 1. The first-order valence-electron chi connectivity index (χ1n) is 9.71. The van der Waals surface area contributed by atoms with Crippen LogP contribution in [0, 0.1) is 10.1 Å². The predicted octanol–water partition coefficient (Wildman–Crippen LogP) is 1.62. The molecule has 0 aromatic heterocycles. The molecule has 10 nitrogen and oxygen atoms in total. The number of nitrogens with zero attached hydrogens (tertiary/aromatic N) is 2. The molecule has 0 saturated carbocycles. The van der Waals surface area contributed by atoms with Gasteiger partial charge in [-0.15, -0.1) is 0 Å². The Hall–Kier alpha value is -3.18. The summed E-state index contributed by atoms with van der Waals surface area (Å²) in [4.78, 5) is 23.0. The number of hydrogen-bond donors (Lipinski definition) is 1. The number of nitro groups is 1. The number of fused-ring (bicyclic) bond motifs is 2. The quantitative estimate of drug-likeness (QED) is 0.557. The molecule has 1 amide bonds. The summed E-state index contributed by atoms with van der Waals surface area (Å²) in [5, 5.41) is 14.2. The minimum absolute atomic E-state index is 0.0812. The van der Waals surface area contributed by atoms with E-state index in [1.165, 1.54) is 7.05 Å². The molecule has 0 bridgehead atoms. The lowest BCUT2D eigenvalue weighted by Crippen LogP contribution is -2.51. The van der Waals surface area contributed by atoms with Crippen molar-refractivity contribution in [3.8, 4) is 11.5 Å². The second-order valence-corrected chi connectivity index (χ2v) is 9.09. The molecule has 0 fully saturated rings. The van der Waals surface area contributed by atoms with E-state index in [-0.39, 0.29) is 24.5 Å². The van der Waals surface area contributed by atoms with Crippen LogP contribution in [0.15, 0.2) is 41.3 Å². The van der Waals surface area contributed by atoms with Gasteiger partial charge >= 0.3 is 0 Å². The van der Waals surface area contributed by atoms with Crippen molar-refractivity contribution in [3.05, 3.63) is 57.6 Å². The Morgan fingerprint density at radius 2 is 1.81 bits per heavy atom. The molecule has 2 heterocycles. The van der Waals surface area contributed by atoms with Crippen molar-refractivity contribution < 1.29 is 27.6 Å². The molecule has 2 aliphatic rings. The number of nitrogens with one attached hydrogen (secondary N) is 1. The smallest absolute Gasteiger partial charge is 0.293 e. The molecule has 2 aromatic carbocycles. The molecule has 2 aliphatic heterocycles. The van der Waals surface area contributed by atoms with Gasteiger partial charge in [-0.25, -0.2) is 8.42 Å². The van der Waals surface area contributed by atoms with Crippen molar-refractivity contribution >= 4 is 21.6 Å². The van der Waals surface area contributed by atoms with E-state index in [1.54, 1.807) is 12.1 Å². The Bertz CT molecular complexity index is 1150. The number of ether oxygens (including phenoxy) is 2. The van der Waals surface area contributed by atoms with Gasteiger partial charge in [0, 0.05) is 26.1 Å². The topological polar surface area (TPSA) is 128 Å². The van der Waals surface area contributed by atoms with E-state index in [9.17, 15) is 23.3 Å². The number of rotatable bonds is 4. The van der Waals surface area contributed by atoms with Crippen LogP contribution in [0.3, 0.4) is 0 Å². The molecular formula is C20H21N3O7S. The maximum absolute atomic E-state index is 13.7. The van der Waals surface area contributed by atoms with Gasteiger partial charge in [0.05, 0.1) is 24.2 Å². The number of benzene rings is 2. The summed E-state index contributed by atoms with van der Waals surface area (Å²) in [7, 11) is -3.01. The molecular weight excluding hydrogens is 426 g/mol. The lowest BCUT2D eigenvalue weighted by molar-refractivity contribution is -0.388. The normalized spacial score (nSPS) is 18.5. The van der Waals surface area contributed by atoms with Gasteiger partial charge in [0.25, 0.3) is 15.7 Å². The van der Waals surface area contributed by atoms with Crippen LogP contribution in [-0.4, -0.2) is 49.9 Å². The van der Waals surface area contributed by atoms with E-state index in [1.807, 2.05) is 12.1 Å². The maximum Gasteiger partial charge on any atom is 0.293 e. The molecule has 164 valence electrons. The van der Waals surface area contributed by atoms with Crippen molar-refractivity contribution in [2.75, 3.05) is 20.3 Å². The van der Waals surface area contributed by atoms with Crippen molar-refractivity contribution in [2.24, 2.45) is 0 Å². The summed E-state index contributed by atoms with van der Waals surface area (Å²) in [6, 6.07) is 8.36. The number of sulfonamides is 1. The summed E-state index contributed by atoms with van der Waals surface area (Å²) < 4.78 is 39.4. The standard InChI is InChI=1S/C20H21N3O7S/c1-21-20(24)16-9-13-5-2-3-6-14(13)12-22(16)31(27,28)19-11-18-17(10-15(19)23(25)26)29-7-4-8-30-18/h2-3,5-6,10-11,16H,4,7-9,12H2,1H3,(H,21,24)/t16-/m0/s1. The van der Waals surface area contributed by atoms with Gasteiger partial charge in [0.1, 0.15) is 6.04 Å². The van der Waals surface area contributed by atoms with Crippen LogP contribution in [0.25, 0.3) is 0 Å². The van der Waals surface area contributed by atoms with Gasteiger partial charge in [-0.1, -0.05) is 24.3 Å². The van der Waals surface area contributed by atoms with Crippen LogP contribution in [0.1, 0.15) is 17.5 Å². The number of amides is 1.